The predicted octanol–water partition coefficient (Wildman–Crippen LogP) is 5.99. The molecule has 36 heavy (non-hydrogen) atoms. The van der Waals surface area contributed by atoms with E-state index in [4.69, 9.17) is 14.5 Å². The molecule has 1 amide bonds. The second-order valence-electron chi connectivity index (χ2n) is 9.80. The van der Waals surface area contributed by atoms with Gasteiger partial charge < -0.3 is 14.4 Å². The summed E-state index contributed by atoms with van der Waals surface area (Å²) in [6.07, 6.45) is 3.10. The van der Waals surface area contributed by atoms with E-state index >= 15 is 0 Å². The molecule has 7 nitrogen and oxygen atoms in total. The fourth-order valence-electron chi connectivity index (χ4n) is 4.73. The van der Waals surface area contributed by atoms with Gasteiger partial charge >= 0.3 is 0 Å². The Morgan fingerprint density at radius 3 is 2.67 bits per heavy atom. The number of methoxy groups -OCH3 is 2. The number of thioether (sulfide) groups is 1. The minimum Gasteiger partial charge on any atom is -0.493 e. The van der Waals surface area contributed by atoms with Gasteiger partial charge in [-0.25, -0.2) is 5.43 Å². The number of carbonyl (C=O) groups excluding carboxylic acids is 1. The number of anilines is 1. The molecule has 2 aliphatic heterocycles. The van der Waals surface area contributed by atoms with Gasteiger partial charge in [-0.1, -0.05) is 45.0 Å². The Labute approximate surface area is 218 Å². The third-order valence-electron chi connectivity index (χ3n) is 6.88. The van der Waals surface area contributed by atoms with Crippen LogP contribution in [-0.4, -0.2) is 49.3 Å². The van der Waals surface area contributed by atoms with Gasteiger partial charge in [0.25, 0.3) is 5.24 Å². The van der Waals surface area contributed by atoms with E-state index in [0.29, 0.717) is 11.5 Å². The summed E-state index contributed by atoms with van der Waals surface area (Å²) in [6, 6.07) is 12.5. The third-order valence-corrected chi connectivity index (χ3v) is 7.76. The SMILES string of the molecule is CCCCN=C(c1ccc(OC)c(OC)c1)N1CCC(C)(C)c2cc(C3=NNC(=O)SC3C)ccc21. The van der Waals surface area contributed by atoms with Crippen molar-refractivity contribution in [2.75, 3.05) is 32.2 Å². The number of benzene rings is 2. The van der Waals surface area contributed by atoms with Crippen molar-refractivity contribution in [1.82, 2.24) is 5.43 Å². The Bertz CT molecular complexity index is 1190. The molecule has 2 aromatic carbocycles. The van der Waals surface area contributed by atoms with Gasteiger partial charge in [0, 0.05) is 24.3 Å². The molecule has 0 aromatic heterocycles. The largest absolute Gasteiger partial charge is 0.493 e. The van der Waals surface area contributed by atoms with Crippen molar-refractivity contribution < 1.29 is 14.3 Å². The molecule has 1 N–H and O–H groups in total. The van der Waals surface area contributed by atoms with Crippen molar-refractivity contribution in [3.05, 3.63) is 53.1 Å². The fourth-order valence-corrected chi connectivity index (χ4v) is 5.45. The number of aliphatic imine (C=N–C) groups is 1. The summed E-state index contributed by atoms with van der Waals surface area (Å²) in [5.41, 5.74) is 7.96. The first-order valence-electron chi connectivity index (χ1n) is 12.5. The van der Waals surface area contributed by atoms with Crippen molar-refractivity contribution in [2.24, 2.45) is 10.1 Å². The second-order valence-corrected chi connectivity index (χ2v) is 11.1. The highest BCUT2D eigenvalue weighted by Gasteiger charge is 2.35. The summed E-state index contributed by atoms with van der Waals surface area (Å²) in [5.74, 6) is 2.33. The first-order valence-corrected chi connectivity index (χ1v) is 13.4. The summed E-state index contributed by atoms with van der Waals surface area (Å²) in [6.45, 7) is 10.4. The van der Waals surface area contributed by atoms with E-state index in [1.807, 2.05) is 19.1 Å². The normalized spacial score (nSPS) is 19.3. The van der Waals surface area contributed by atoms with Crippen LogP contribution in [0.15, 0.2) is 46.5 Å². The molecule has 8 heteroatoms. The Kier molecular flexibility index (Phi) is 7.93. The number of hydrogen-bond acceptors (Lipinski definition) is 6. The maximum Gasteiger partial charge on any atom is 0.299 e. The first-order chi connectivity index (χ1) is 17.3. The zero-order valence-electron chi connectivity index (χ0n) is 22.1. The van der Waals surface area contributed by atoms with Gasteiger partial charge in [0.1, 0.15) is 5.84 Å². The van der Waals surface area contributed by atoms with Crippen LogP contribution in [0.1, 0.15) is 63.6 Å². The van der Waals surface area contributed by atoms with E-state index in [9.17, 15) is 4.79 Å². The second kappa shape index (κ2) is 10.9. The van der Waals surface area contributed by atoms with E-state index < -0.39 is 0 Å². The number of carbonyl (C=O) groups is 1. The Morgan fingerprint density at radius 2 is 1.97 bits per heavy atom. The van der Waals surface area contributed by atoms with Crippen LogP contribution < -0.4 is 19.8 Å². The molecule has 2 aliphatic rings. The van der Waals surface area contributed by atoms with Crippen molar-refractivity contribution in [1.29, 1.82) is 0 Å². The van der Waals surface area contributed by atoms with Gasteiger partial charge in [0.05, 0.1) is 25.2 Å². The number of rotatable bonds is 7. The number of amidine groups is 1. The third kappa shape index (κ3) is 5.24. The van der Waals surface area contributed by atoms with Gasteiger partial charge in [-0.15, -0.1) is 0 Å². The molecule has 0 fully saturated rings. The summed E-state index contributed by atoms with van der Waals surface area (Å²) in [4.78, 5) is 19.2. The van der Waals surface area contributed by atoms with Crippen LogP contribution in [0.2, 0.25) is 0 Å². The van der Waals surface area contributed by atoms with E-state index in [0.717, 1.165) is 60.7 Å². The highest BCUT2D eigenvalue weighted by Crippen LogP contribution is 2.42. The summed E-state index contributed by atoms with van der Waals surface area (Å²) in [7, 11) is 3.31. The molecule has 0 spiro atoms. The average molecular weight is 509 g/mol. The molecule has 0 aliphatic carbocycles. The first kappa shape index (κ1) is 26.1. The molecule has 192 valence electrons. The number of fused-ring (bicyclic) bond motifs is 1. The van der Waals surface area contributed by atoms with Crippen LogP contribution >= 0.6 is 11.8 Å². The quantitative estimate of drug-likeness (QED) is 0.283. The number of ether oxygens (including phenoxy) is 2. The molecule has 0 bridgehead atoms. The van der Waals surface area contributed by atoms with Crippen LogP contribution in [0, 0.1) is 0 Å². The van der Waals surface area contributed by atoms with Crippen LogP contribution in [0.4, 0.5) is 10.5 Å². The Balaban J connectivity index is 1.80. The van der Waals surface area contributed by atoms with Gasteiger partial charge in [-0.3, -0.25) is 9.79 Å². The highest BCUT2D eigenvalue weighted by molar-refractivity contribution is 8.14. The molecular formula is C28H36N4O3S. The van der Waals surface area contributed by atoms with E-state index in [1.165, 1.54) is 17.3 Å². The molecule has 2 heterocycles. The molecule has 4 rings (SSSR count). The van der Waals surface area contributed by atoms with Crippen molar-refractivity contribution >= 4 is 34.2 Å². The molecule has 1 atom stereocenters. The highest BCUT2D eigenvalue weighted by atomic mass is 32.2. The number of hydrogen-bond donors (Lipinski definition) is 1. The zero-order valence-corrected chi connectivity index (χ0v) is 22.9. The van der Waals surface area contributed by atoms with E-state index in [-0.39, 0.29) is 15.9 Å². The molecular weight excluding hydrogens is 472 g/mol. The monoisotopic (exact) mass is 508 g/mol. The molecule has 0 radical (unpaired) electrons. The minimum absolute atomic E-state index is 0.00228. The molecule has 0 saturated heterocycles. The topological polar surface area (TPSA) is 75.5 Å². The number of hydrazone groups is 1. The lowest BCUT2D eigenvalue weighted by Gasteiger charge is -2.41. The van der Waals surface area contributed by atoms with Gasteiger partial charge in [-0.2, -0.15) is 5.10 Å². The molecule has 1 unspecified atom stereocenters. The lowest BCUT2D eigenvalue weighted by atomic mass is 9.76. The van der Waals surface area contributed by atoms with Gasteiger partial charge in [0.15, 0.2) is 11.5 Å². The smallest absolute Gasteiger partial charge is 0.299 e. The molecule has 2 aromatic rings. The lowest BCUT2D eigenvalue weighted by Crippen LogP contribution is -2.42. The number of amides is 1. The fraction of sp³-hybridized carbons (Fsp3) is 0.464. The average Bonchev–Trinajstić information content (AvgIpc) is 2.87. The summed E-state index contributed by atoms with van der Waals surface area (Å²) in [5, 5.41) is 4.26. The van der Waals surface area contributed by atoms with Crippen LogP contribution in [0.3, 0.4) is 0 Å². The summed E-state index contributed by atoms with van der Waals surface area (Å²) < 4.78 is 11.1. The van der Waals surface area contributed by atoms with E-state index in [2.05, 4.69) is 60.5 Å². The molecule has 0 saturated carbocycles. The van der Waals surface area contributed by atoms with Crippen molar-refractivity contribution in [2.45, 2.75) is 57.6 Å². The number of nitrogens with one attached hydrogen (secondary N) is 1. The standard InChI is InChI=1S/C28H36N4O3S/c1-7-8-14-29-26(20-10-12-23(34-5)24(17-20)35-6)32-15-13-28(3,4)21-16-19(9-11-22(21)32)25-18(2)36-27(33)31-30-25/h9-12,16-18H,7-8,13-15H2,1-6H3,(H,31,33). The zero-order chi connectivity index (χ0) is 25.9. The van der Waals surface area contributed by atoms with Crippen LogP contribution in [-0.2, 0) is 5.41 Å². The van der Waals surface area contributed by atoms with Crippen LogP contribution in [0.25, 0.3) is 0 Å². The van der Waals surface area contributed by atoms with E-state index in [1.54, 1.807) is 14.2 Å². The number of nitrogens with zero attached hydrogens (tertiary/aromatic N) is 3. The Morgan fingerprint density at radius 1 is 1.19 bits per heavy atom. The number of unbranched alkanes of at least 4 members (excludes halogenated alkanes) is 1. The minimum atomic E-state index is -0.112. The lowest BCUT2D eigenvalue weighted by molar-refractivity contribution is 0.261. The maximum atomic E-state index is 11.7. The van der Waals surface area contributed by atoms with Crippen molar-refractivity contribution in [3.8, 4) is 11.5 Å². The van der Waals surface area contributed by atoms with Gasteiger partial charge in [0.2, 0.25) is 0 Å². The maximum absolute atomic E-state index is 11.7. The summed E-state index contributed by atoms with van der Waals surface area (Å²) >= 11 is 1.27. The van der Waals surface area contributed by atoms with Gasteiger partial charge in [-0.05, 0) is 66.6 Å². The van der Waals surface area contributed by atoms with Crippen LogP contribution in [0.5, 0.6) is 11.5 Å². The van der Waals surface area contributed by atoms with Crippen molar-refractivity contribution in [3.63, 3.8) is 0 Å². The Hall–Kier alpha value is -3.00. The predicted molar refractivity (Wildman–Crippen MR) is 149 cm³/mol.